The smallest absolute Gasteiger partial charge is 0.254 e. The highest BCUT2D eigenvalue weighted by molar-refractivity contribution is 5.94. The SMILES string of the molecule is Cc1ccc(C(=O)N2CCN(c3cc(N4CCCCC4CO)ncn3)CC2)cc1F. The van der Waals surface area contributed by atoms with Crippen molar-refractivity contribution >= 4 is 17.5 Å². The number of aromatic nitrogens is 2. The van der Waals surface area contributed by atoms with Crippen molar-refractivity contribution in [2.45, 2.75) is 32.2 Å². The number of carbonyl (C=O) groups excluding carboxylic acids is 1. The van der Waals surface area contributed by atoms with Crippen molar-refractivity contribution in [3.8, 4) is 0 Å². The van der Waals surface area contributed by atoms with Crippen molar-refractivity contribution in [3.05, 3.63) is 47.5 Å². The first-order chi connectivity index (χ1) is 14.6. The van der Waals surface area contributed by atoms with E-state index in [1.54, 1.807) is 30.3 Å². The molecule has 1 aromatic carbocycles. The van der Waals surface area contributed by atoms with Gasteiger partial charge in [-0.15, -0.1) is 0 Å². The summed E-state index contributed by atoms with van der Waals surface area (Å²) >= 11 is 0. The number of nitrogens with zero attached hydrogens (tertiary/aromatic N) is 5. The Hall–Kier alpha value is -2.74. The highest BCUT2D eigenvalue weighted by Crippen LogP contribution is 2.25. The Morgan fingerprint density at radius 1 is 1.10 bits per heavy atom. The summed E-state index contributed by atoms with van der Waals surface area (Å²) < 4.78 is 13.8. The maximum Gasteiger partial charge on any atom is 0.254 e. The van der Waals surface area contributed by atoms with Crippen LogP contribution >= 0.6 is 0 Å². The van der Waals surface area contributed by atoms with Crippen LogP contribution in [0.1, 0.15) is 35.2 Å². The van der Waals surface area contributed by atoms with Gasteiger partial charge in [-0.2, -0.15) is 0 Å². The molecule has 7 nitrogen and oxygen atoms in total. The highest BCUT2D eigenvalue weighted by Gasteiger charge is 2.26. The fourth-order valence-electron chi connectivity index (χ4n) is 4.21. The van der Waals surface area contributed by atoms with Gasteiger partial charge in [-0.05, 0) is 43.9 Å². The third kappa shape index (κ3) is 4.23. The van der Waals surface area contributed by atoms with Crippen LogP contribution in [0.25, 0.3) is 0 Å². The van der Waals surface area contributed by atoms with Gasteiger partial charge in [0.2, 0.25) is 0 Å². The normalized spacial score (nSPS) is 19.8. The van der Waals surface area contributed by atoms with E-state index in [9.17, 15) is 14.3 Å². The van der Waals surface area contributed by atoms with Gasteiger partial charge in [0, 0.05) is 44.4 Å². The Bertz CT molecular complexity index is 901. The third-order valence-electron chi connectivity index (χ3n) is 6.08. The zero-order valence-electron chi connectivity index (χ0n) is 17.3. The van der Waals surface area contributed by atoms with Crippen LogP contribution in [0.15, 0.2) is 30.6 Å². The zero-order valence-corrected chi connectivity index (χ0v) is 17.3. The van der Waals surface area contributed by atoms with Gasteiger partial charge in [0.1, 0.15) is 23.8 Å². The van der Waals surface area contributed by atoms with E-state index in [0.29, 0.717) is 37.3 Å². The van der Waals surface area contributed by atoms with Gasteiger partial charge in [0.25, 0.3) is 5.91 Å². The van der Waals surface area contributed by atoms with Gasteiger partial charge < -0.3 is 19.8 Å². The van der Waals surface area contributed by atoms with Crippen molar-refractivity contribution in [2.75, 3.05) is 49.1 Å². The molecule has 3 heterocycles. The van der Waals surface area contributed by atoms with Gasteiger partial charge in [-0.1, -0.05) is 6.07 Å². The van der Waals surface area contributed by atoms with E-state index in [-0.39, 0.29) is 24.4 Å². The van der Waals surface area contributed by atoms with Crippen molar-refractivity contribution in [3.63, 3.8) is 0 Å². The maximum atomic E-state index is 13.8. The van der Waals surface area contributed by atoms with E-state index in [4.69, 9.17) is 0 Å². The molecule has 1 unspecified atom stereocenters. The Morgan fingerprint density at radius 2 is 1.87 bits per heavy atom. The predicted molar refractivity (Wildman–Crippen MR) is 113 cm³/mol. The van der Waals surface area contributed by atoms with Crippen LogP contribution in [0.2, 0.25) is 0 Å². The first kappa shape index (κ1) is 20.5. The molecule has 0 bridgehead atoms. The number of aryl methyl sites for hydroxylation is 1. The molecule has 0 aliphatic carbocycles. The van der Waals surface area contributed by atoms with E-state index in [1.807, 2.05) is 6.07 Å². The fraction of sp³-hybridized carbons (Fsp3) is 0.500. The standard InChI is InChI=1S/C22H28FN5O2/c1-16-5-6-17(12-19(16)23)22(30)27-10-8-26(9-11-27)20-13-21(25-15-24-20)28-7-3-2-4-18(28)14-29/h5-6,12-13,15,18,29H,2-4,7-11,14H2,1H3. The number of carbonyl (C=O) groups is 1. The molecule has 1 aromatic heterocycles. The summed E-state index contributed by atoms with van der Waals surface area (Å²) in [6, 6.07) is 6.71. The molecule has 2 aliphatic rings. The van der Waals surface area contributed by atoms with Crippen molar-refractivity contribution < 1.29 is 14.3 Å². The minimum Gasteiger partial charge on any atom is -0.394 e. The van der Waals surface area contributed by atoms with Crippen molar-refractivity contribution in [1.82, 2.24) is 14.9 Å². The average Bonchev–Trinajstić information content (AvgIpc) is 2.80. The second-order valence-electron chi connectivity index (χ2n) is 8.00. The van der Waals surface area contributed by atoms with Crippen LogP contribution in [0.3, 0.4) is 0 Å². The Kier molecular flexibility index (Phi) is 6.13. The lowest BCUT2D eigenvalue weighted by Crippen LogP contribution is -2.49. The minimum absolute atomic E-state index is 0.103. The summed E-state index contributed by atoms with van der Waals surface area (Å²) in [4.78, 5) is 27.7. The number of rotatable bonds is 4. The molecule has 1 atom stereocenters. The molecule has 1 N–H and O–H groups in total. The molecular weight excluding hydrogens is 385 g/mol. The molecule has 2 fully saturated rings. The van der Waals surface area contributed by atoms with Gasteiger partial charge in [-0.3, -0.25) is 4.79 Å². The molecule has 8 heteroatoms. The van der Waals surface area contributed by atoms with E-state index >= 15 is 0 Å². The lowest BCUT2D eigenvalue weighted by molar-refractivity contribution is 0.0746. The molecule has 30 heavy (non-hydrogen) atoms. The molecule has 0 radical (unpaired) electrons. The number of hydrogen-bond acceptors (Lipinski definition) is 6. The molecule has 2 aromatic rings. The largest absolute Gasteiger partial charge is 0.394 e. The second kappa shape index (κ2) is 8.95. The number of aliphatic hydroxyl groups is 1. The highest BCUT2D eigenvalue weighted by atomic mass is 19.1. The lowest BCUT2D eigenvalue weighted by atomic mass is 10.0. The lowest BCUT2D eigenvalue weighted by Gasteiger charge is -2.37. The third-order valence-corrected chi connectivity index (χ3v) is 6.08. The summed E-state index contributed by atoms with van der Waals surface area (Å²) in [7, 11) is 0. The Morgan fingerprint density at radius 3 is 2.60 bits per heavy atom. The van der Waals surface area contributed by atoms with E-state index < -0.39 is 0 Å². The second-order valence-corrected chi connectivity index (χ2v) is 8.00. The van der Waals surface area contributed by atoms with Gasteiger partial charge >= 0.3 is 0 Å². The number of piperidine rings is 1. The van der Waals surface area contributed by atoms with Crippen LogP contribution in [0, 0.1) is 12.7 Å². The van der Waals surface area contributed by atoms with Crippen molar-refractivity contribution in [1.29, 1.82) is 0 Å². The number of aliphatic hydroxyl groups excluding tert-OH is 1. The fourth-order valence-corrected chi connectivity index (χ4v) is 4.21. The van der Waals surface area contributed by atoms with E-state index in [0.717, 1.165) is 37.4 Å². The van der Waals surface area contributed by atoms with Gasteiger partial charge in [-0.25, -0.2) is 14.4 Å². The molecule has 4 rings (SSSR count). The van der Waals surface area contributed by atoms with Crippen LogP contribution in [-0.4, -0.2) is 71.3 Å². The number of halogens is 1. The average molecular weight is 413 g/mol. The topological polar surface area (TPSA) is 72.8 Å². The predicted octanol–water partition coefficient (Wildman–Crippen LogP) is 2.24. The molecule has 160 valence electrons. The number of piperazine rings is 1. The van der Waals surface area contributed by atoms with Crippen LogP contribution in [0.5, 0.6) is 0 Å². The van der Waals surface area contributed by atoms with Gasteiger partial charge in [0.15, 0.2) is 0 Å². The molecule has 0 spiro atoms. The molecule has 0 saturated carbocycles. The summed E-state index contributed by atoms with van der Waals surface area (Å²) in [5.74, 6) is 1.17. The summed E-state index contributed by atoms with van der Waals surface area (Å²) in [5.41, 5.74) is 0.920. The number of anilines is 2. The number of hydrogen-bond donors (Lipinski definition) is 1. The van der Waals surface area contributed by atoms with Crippen molar-refractivity contribution in [2.24, 2.45) is 0 Å². The Labute approximate surface area is 176 Å². The summed E-state index contributed by atoms with van der Waals surface area (Å²) in [6.45, 7) is 5.11. The maximum absolute atomic E-state index is 13.8. The first-order valence-electron chi connectivity index (χ1n) is 10.6. The molecule has 1 amide bonds. The zero-order chi connectivity index (χ0) is 21.1. The number of benzene rings is 1. The van der Waals surface area contributed by atoms with Gasteiger partial charge in [0.05, 0.1) is 12.6 Å². The van der Waals surface area contributed by atoms with Crippen LogP contribution < -0.4 is 9.80 Å². The van der Waals surface area contributed by atoms with E-state index in [2.05, 4.69) is 19.8 Å². The molecular formula is C22H28FN5O2. The van der Waals surface area contributed by atoms with Crippen LogP contribution in [-0.2, 0) is 0 Å². The van der Waals surface area contributed by atoms with Crippen LogP contribution in [0.4, 0.5) is 16.0 Å². The first-order valence-corrected chi connectivity index (χ1v) is 10.6. The minimum atomic E-state index is -0.355. The quantitative estimate of drug-likeness (QED) is 0.829. The Balaban J connectivity index is 1.41. The summed E-state index contributed by atoms with van der Waals surface area (Å²) in [6.07, 6.45) is 4.76. The summed E-state index contributed by atoms with van der Waals surface area (Å²) in [5, 5.41) is 9.69. The number of amides is 1. The van der Waals surface area contributed by atoms with E-state index in [1.165, 1.54) is 6.07 Å². The molecule has 2 saturated heterocycles. The molecule has 2 aliphatic heterocycles. The monoisotopic (exact) mass is 413 g/mol.